The van der Waals surface area contributed by atoms with Crippen LogP contribution >= 0.6 is 0 Å². The first-order valence-electron chi connectivity index (χ1n) is 8.39. The highest BCUT2D eigenvalue weighted by molar-refractivity contribution is 7.90. The van der Waals surface area contributed by atoms with Gasteiger partial charge < -0.3 is 14.5 Å². The number of sulfone groups is 1. The van der Waals surface area contributed by atoms with Crippen molar-refractivity contribution in [3.63, 3.8) is 0 Å². The van der Waals surface area contributed by atoms with Crippen LogP contribution in [0.15, 0.2) is 76.0 Å². The van der Waals surface area contributed by atoms with Crippen LogP contribution in [0.3, 0.4) is 0 Å². The van der Waals surface area contributed by atoms with Crippen molar-refractivity contribution in [3.8, 4) is 5.75 Å². The van der Waals surface area contributed by atoms with E-state index in [4.69, 9.17) is 9.15 Å². The maximum absolute atomic E-state index is 12.4. The molecular weight excluding hydrogens is 366 g/mol. The third-order valence-electron chi connectivity index (χ3n) is 3.76. The predicted octanol–water partition coefficient (Wildman–Crippen LogP) is 3.90. The van der Waals surface area contributed by atoms with Crippen molar-refractivity contribution < 1.29 is 22.4 Å². The van der Waals surface area contributed by atoms with Crippen molar-refractivity contribution in [1.82, 2.24) is 0 Å². The Kier molecular flexibility index (Phi) is 5.61. The normalized spacial score (nSPS) is 11.1. The third kappa shape index (κ3) is 4.57. The van der Waals surface area contributed by atoms with Gasteiger partial charge in [0.15, 0.2) is 15.6 Å². The van der Waals surface area contributed by atoms with Crippen LogP contribution in [0.25, 0.3) is 0 Å². The summed E-state index contributed by atoms with van der Waals surface area (Å²) in [4.78, 5) is 12.6. The molecule has 0 saturated carbocycles. The smallest absolute Gasteiger partial charge is 0.291 e. The molecule has 0 aliphatic rings. The standard InChI is InChI=1S/C20H19NO5S/c1-2-25-18-11-7-6-10-17(18)21-20(22)19-13-12-15(26-19)14-27(23,24)16-8-4-3-5-9-16/h3-13H,2,14H2,1H3,(H,21,22). The van der Waals surface area contributed by atoms with E-state index in [0.717, 1.165) is 0 Å². The van der Waals surface area contributed by atoms with Crippen LogP contribution in [-0.4, -0.2) is 20.9 Å². The summed E-state index contributed by atoms with van der Waals surface area (Å²) < 4.78 is 35.7. The van der Waals surface area contributed by atoms with Gasteiger partial charge in [-0.2, -0.15) is 0 Å². The lowest BCUT2D eigenvalue weighted by atomic mass is 10.3. The van der Waals surface area contributed by atoms with Gasteiger partial charge in [0.05, 0.1) is 17.2 Å². The van der Waals surface area contributed by atoms with Crippen LogP contribution < -0.4 is 10.1 Å². The van der Waals surface area contributed by atoms with Crippen molar-refractivity contribution in [1.29, 1.82) is 0 Å². The molecule has 140 valence electrons. The highest BCUT2D eigenvalue weighted by Gasteiger charge is 2.19. The van der Waals surface area contributed by atoms with E-state index < -0.39 is 15.7 Å². The molecule has 0 bridgehead atoms. The number of carbonyl (C=O) groups excluding carboxylic acids is 1. The number of hydrogen-bond acceptors (Lipinski definition) is 5. The van der Waals surface area contributed by atoms with Gasteiger partial charge >= 0.3 is 0 Å². The highest BCUT2D eigenvalue weighted by atomic mass is 32.2. The van der Waals surface area contributed by atoms with E-state index in [1.54, 1.807) is 42.5 Å². The molecule has 7 heteroatoms. The van der Waals surface area contributed by atoms with Crippen LogP contribution in [0.2, 0.25) is 0 Å². The van der Waals surface area contributed by atoms with E-state index >= 15 is 0 Å². The largest absolute Gasteiger partial charge is 0.492 e. The Morgan fingerprint density at radius 1 is 1.00 bits per heavy atom. The zero-order valence-electron chi connectivity index (χ0n) is 14.7. The van der Waals surface area contributed by atoms with Gasteiger partial charge in [0.2, 0.25) is 0 Å². The average Bonchev–Trinajstić information content (AvgIpc) is 3.12. The summed E-state index contributed by atoms with van der Waals surface area (Å²) >= 11 is 0. The number of carbonyl (C=O) groups is 1. The van der Waals surface area contributed by atoms with Crippen molar-refractivity contribution in [3.05, 3.63) is 78.3 Å². The number of para-hydroxylation sites is 2. The second-order valence-corrected chi connectivity index (χ2v) is 7.71. The van der Waals surface area contributed by atoms with Gasteiger partial charge in [-0.25, -0.2) is 8.42 Å². The maximum Gasteiger partial charge on any atom is 0.291 e. The Morgan fingerprint density at radius 3 is 2.44 bits per heavy atom. The van der Waals surface area contributed by atoms with Crippen molar-refractivity contribution in [2.24, 2.45) is 0 Å². The monoisotopic (exact) mass is 385 g/mol. The summed E-state index contributed by atoms with van der Waals surface area (Å²) in [5.74, 6) is -0.0289. The number of benzene rings is 2. The lowest BCUT2D eigenvalue weighted by Crippen LogP contribution is -2.12. The summed E-state index contributed by atoms with van der Waals surface area (Å²) in [7, 11) is -3.54. The fraction of sp³-hybridized carbons (Fsp3) is 0.150. The number of nitrogens with one attached hydrogen (secondary N) is 1. The van der Waals surface area contributed by atoms with Gasteiger partial charge in [0, 0.05) is 0 Å². The third-order valence-corrected chi connectivity index (χ3v) is 5.41. The molecule has 1 aromatic heterocycles. The van der Waals surface area contributed by atoms with E-state index in [1.165, 1.54) is 24.3 Å². The Morgan fingerprint density at radius 2 is 1.70 bits per heavy atom. The first kappa shape index (κ1) is 18.7. The Hall–Kier alpha value is -3.06. The predicted molar refractivity (Wildman–Crippen MR) is 102 cm³/mol. The van der Waals surface area contributed by atoms with Crippen LogP contribution in [0.4, 0.5) is 5.69 Å². The molecule has 6 nitrogen and oxygen atoms in total. The first-order valence-corrected chi connectivity index (χ1v) is 10.0. The molecule has 0 atom stereocenters. The quantitative estimate of drug-likeness (QED) is 0.667. The Bertz CT molecular complexity index is 1030. The molecule has 0 spiro atoms. The molecule has 1 N–H and O–H groups in total. The summed E-state index contributed by atoms with van der Waals surface area (Å²) in [6, 6.07) is 18.1. The minimum Gasteiger partial charge on any atom is -0.492 e. The number of anilines is 1. The molecule has 1 heterocycles. The number of hydrogen-bond donors (Lipinski definition) is 1. The van der Waals surface area contributed by atoms with Gasteiger partial charge in [-0.3, -0.25) is 4.79 Å². The lowest BCUT2D eigenvalue weighted by Gasteiger charge is -2.10. The second kappa shape index (κ2) is 8.09. The van der Waals surface area contributed by atoms with Gasteiger partial charge in [-0.05, 0) is 43.3 Å². The summed E-state index contributed by atoms with van der Waals surface area (Å²) in [5, 5.41) is 2.71. The molecular formula is C20H19NO5S. The molecule has 0 unspecified atom stereocenters. The summed E-state index contributed by atoms with van der Waals surface area (Å²) in [6.07, 6.45) is 0. The molecule has 2 aromatic carbocycles. The van der Waals surface area contributed by atoms with Crippen LogP contribution in [-0.2, 0) is 15.6 Å². The average molecular weight is 385 g/mol. The molecule has 27 heavy (non-hydrogen) atoms. The molecule has 3 aromatic rings. The van der Waals surface area contributed by atoms with Crippen LogP contribution in [0.5, 0.6) is 5.75 Å². The van der Waals surface area contributed by atoms with Gasteiger partial charge in [-0.15, -0.1) is 0 Å². The van der Waals surface area contributed by atoms with E-state index in [-0.39, 0.29) is 22.2 Å². The van der Waals surface area contributed by atoms with Crippen molar-refractivity contribution in [2.45, 2.75) is 17.6 Å². The van der Waals surface area contributed by atoms with Crippen molar-refractivity contribution in [2.75, 3.05) is 11.9 Å². The number of furan rings is 1. The molecule has 0 radical (unpaired) electrons. The molecule has 3 rings (SSSR count). The first-order chi connectivity index (χ1) is 13.0. The zero-order chi connectivity index (χ0) is 19.3. The fourth-order valence-corrected chi connectivity index (χ4v) is 3.78. The summed E-state index contributed by atoms with van der Waals surface area (Å²) in [5.41, 5.74) is 0.513. The molecule has 0 fully saturated rings. The molecule has 0 aliphatic carbocycles. The number of rotatable bonds is 7. The topological polar surface area (TPSA) is 85.6 Å². The minimum absolute atomic E-state index is 0.0274. The van der Waals surface area contributed by atoms with Gasteiger partial charge in [0.25, 0.3) is 5.91 Å². The van der Waals surface area contributed by atoms with E-state index in [9.17, 15) is 13.2 Å². The Labute approximate surface area is 157 Å². The molecule has 1 amide bonds. The number of ether oxygens (including phenoxy) is 1. The molecule has 0 aliphatic heterocycles. The van der Waals surface area contributed by atoms with Gasteiger partial charge in [-0.1, -0.05) is 30.3 Å². The number of amides is 1. The maximum atomic E-state index is 12.4. The van der Waals surface area contributed by atoms with E-state index in [2.05, 4.69) is 5.32 Å². The fourth-order valence-electron chi connectivity index (χ4n) is 2.51. The molecule has 0 saturated heterocycles. The summed E-state index contributed by atoms with van der Waals surface area (Å²) in [6.45, 7) is 2.32. The van der Waals surface area contributed by atoms with Crippen LogP contribution in [0, 0.1) is 0 Å². The SMILES string of the molecule is CCOc1ccccc1NC(=O)c1ccc(CS(=O)(=O)c2ccccc2)o1. The van der Waals surface area contributed by atoms with Crippen LogP contribution in [0.1, 0.15) is 23.2 Å². The zero-order valence-corrected chi connectivity index (χ0v) is 15.5. The van der Waals surface area contributed by atoms with E-state index in [1.807, 2.05) is 6.92 Å². The Balaban J connectivity index is 1.73. The lowest BCUT2D eigenvalue weighted by molar-refractivity contribution is 0.0994. The van der Waals surface area contributed by atoms with Crippen molar-refractivity contribution >= 4 is 21.4 Å². The van der Waals surface area contributed by atoms with E-state index in [0.29, 0.717) is 18.0 Å². The second-order valence-electron chi connectivity index (χ2n) is 5.72. The minimum atomic E-state index is -3.54. The van der Waals surface area contributed by atoms with Gasteiger partial charge in [0.1, 0.15) is 17.3 Å². The highest BCUT2D eigenvalue weighted by Crippen LogP contribution is 2.25.